The highest BCUT2D eigenvalue weighted by molar-refractivity contribution is 5.93. The topological polar surface area (TPSA) is 105 Å². The number of nitrogens with zero attached hydrogens (tertiary/aromatic N) is 3. The van der Waals surface area contributed by atoms with Gasteiger partial charge in [-0.15, -0.1) is 0 Å². The third kappa shape index (κ3) is 3.72. The van der Waals surface area contributed by atoms with Crippen molar-refractivity contribution in [1.29, 1.82) is 0 Å². The van der Waals surface area contributed by atoms with Crippen LogP contribution in [-0.2, 0) is 4.79 Å². The Bertz CT molecular complexity index is 1140. The number of carbonyl (C=O) groups is 2. The SMILES string of the molecule is O=C(NCC(F)(F)F)C1C=CC2=C(N1)N(C(=O)Nc1ccc3nc[nH]c3c1)[C@H]1CCN2C1. The van der Waals surface area contributed by atoms with Gasteiger partial charge in [-0.25, -0.2) is 9.78 Å². The molecule has 0 aliphatic carbocycles. The molecular weight excluding hydrogens is 427 g/mol. The quantitative estimate of drug-likeness (QED) is 0.575. The van der Waals surface area contributed by atoms with E-state index < -0.39 is 24.7 Å². The van der Waals surface area contributed by atoms with Gasteiger partial charge in [-0.1, -0.05) is 6.08 Å². The Balaban J connectivity index is 1.36. The summed E-state index contributed by atoms with van der Waals surface area (Å²) in [4.78, 5) is 36.3. The minimum atomic E-state index is -4.50. The van der Waals surface area contributed by atoms with E-state index in [0.717, 1.165) is 29.7 Å². The van der Waals surface area contributed by atoms with E-state index in [1.165, 1.54) is 6.08 Å². The average molecular weight is 447 g/mol. The Morgan fingerprint density at radius 2 is 2.12 bits per heavy atom. The van der Waals surface area contributed by atoms with Gasteiger partial charge in [0.15, 0.2) is 0 Å². The highest BCUT2D eigenvalue weighted by Crippen LogP contribution is 2.33. The minimum Gasteiger partial charge on any atom is -0.366 e. The number of urea groups is 1. The number of carbonyl (C=O) groups excluding carboxylic acids is 2. The second-order valence-corrected chi connectivity index (χ2v) is 7.87. The average Bonchev–Trinajstić information content (AvgIpc) is 3.38. The van der Waals surface area contributed by atoms with Crippen molar-refractivity contribution in [3.63, 3.8) is 0 Å². The number of hydrogen-bond donors (Lipinski definition) is 4. The monoisotopic (exact) mass is 447 g/mol. The molecule has 2 bridgehead atoms. The van der Waals surface area contributed by atoms with Crippen molar-refractivity contribution >= 4 is 28.7 Å². The number of dihydropyridines is 1. The maximum absolute atomic E-state index is 13.2. The Kier molecular flexibility index (Phi) is 4.72. The summed E-state index contributed by atoms with van der Waals surface area (Å²) in [5.74, 6) is -0.406. The van der Waals surface area contributed by atoms with Crippen molar-refractivity contribution in [3.8, 4) is 0 Å². The van der Waals surface area contributed by atoms with E-state index in [2.05, 4.69) is 25.5 Å². The molecule has 2 atom stereocenters. The zero-order valence-corrected chi connectivity index (χ0v) is 16.7. The molecule has 9 nitrogen and oxygen atoms in total. The van der Waals surface area contributed by atoms with Gasteiger partial charge in [-0.3, -0.25) is 9.69 Å². The number of imidazole rings is 1. The second-order valence-electron chi connectivity index (χ2n) is 7.87. The summed E-state index contributed by atoms with van der Waals surface area (Å²) in [6.45, 7) is -0.0358. The van der Waals surface area contributed by atoms with Crippen LogP contribution in [0.15, 0.2) is 48.2 Å². The maximum Gasteiger partial charge on any atom is 0.405 e. The van der Waals surface area contributed by atoms with E-state index in [1.54, 1.807) is 35.5 Å². The Hall–Kier alpha value is -3.70. The van der Waals surface area contributed by atoms with Crippen molar-refractivity contribution < 1.29 is 22.8 Å². The maximum atomic E-state index is 13.2. The Morgan fingerprint density at radius 3 is 2.94 bits per heavy atom. The van der Waals surface area contributed by atoms with Crippen molar-refractivity contribution in [2.24, 2.45) is 0 Å². The van der Waals surface area contributed by atoms with Crippen molar-refractivity contribution in [3.05, 3.63) is 48.2 Å². The molecule has 1 aromatic heterocycles. The molecule has 3 aliphatic heterocycles. The smallest absolute Gasteiger partial charge is 0.366 e. The molecular formula is C20H20F3N7O2. The molecule has 168 valence electrons. The lowest BCUT2D eigenvalue weighted by atomic mass is 10.1. The summed E-state index contributed by atoms with van der Waals surface area (Å²) in [6.07, 6.45) is 0.983. The van der Waals surface area contributed by atoms with E-state index in [-0.39, 0.29) is 12.1 Å². The van der Waals surface area contributed by atoms with Gasteiger partial charge in [-0.05, 0) is 30.7 Å². The molecule has 32 heavy (non-hydrogen) atoms. The van der Waals surface area contributed by atoms with Gasteiger partial charge in [0.2, 0.25) is 5.91 Å². The highest BCUT2D eigenvalue weighted by atomic mass is 19.4. The molecule has 3 aliphatic rings. The molecule has 1 aromatic carbocycles. The lowest BCUT2D eigenvalue weighted by molar-refractivity contribution is -0.138. The molecule has 2 aromatic rings. The van der Waals surface area contributed by atoms with E-state index in [9.17, 15) is 22.8 Å². The van der Waals surface area contributed by atoms with Crippen LogP contribution in [0, 0.1) is 0 Å². The van der Waals surface area contributed by atoms with E-state index in [4.69, 9.17) is 0 Å². The number of rotatable bonds is 3. The minimum absolute atomic E-state index is 0.123. The molecule has 12 heteroatoms. The lowest BCUT2D eigenvalue weighted by Crippen LogP contribution is -2.56. The number of fused-ring (bicyclic) bond motifs is 4. The summed E-state index contributed by atoms with van der Waals surface area (Å²) >= 11 is 0. The number of alkyl halides is 3. The number of anilines is 1. The van der Waals surface area contributed by atoms with Crippen molar-refractivity contribution in [2.45, 2.75) is 24.7 Å². The summed E-state index contributed by atoms with van der Waals surface area (Å²) in [6, 6.07) is 3.75. The predicted octanol–water partition coefficient (Wildman–Crippen LogP) is 1.86. The van der Waals surface area contributed by atoms with Gasteiger partial charge < -0.3 is 25.8 Å². The molecule has 1 unspecified atom stereocenters. The highest BCUT2D eigenvalue weighted by Gasteiger charge is 2.42. The van der Waals surface area contributed by atoms with Crippen LogP contribution in [0.25, 0.3) is 11.0 Å². The van der Waals surface area contributed by atoms with E-state index >= 15 is 0 Å². The number of nitrogens with one attached hydrogen (secondary N) is 4. The van der Waals surface area contributed by atoms with Crippen LogP contribution < -0.4 is 16.0 Å². The van der Waals surface area contributed by atoms with E-state index in [1.807, 2.05) is 5.32 Å². The van der Waals surface area contributed by atoms with Gasteiger partial charge in [0.25, 0.3) is 0 Å². The summed E-state index contributed by atoms with van der Waals surface area (Å²) in [5.41, 5.74) is 2.84. The molecule has 1 fully saturated rings. The largest absolute Gasteiger partial charge is 0.405 e. The number of halogens is 3. The zero-order chi connectivity index (χ0) is 22.5. The first-order chi connectivity index (χ1) is 15.3. The Morgan fingerprint density at radius 1 is 1.28 bits per heavy atom. The molecule has 0 radical (unpaired) electrons. The Labute approximate surface area is 180 Å². The van der Waals surface area contributed by atoms with Crippen LogP contribution in [0.3, 0.4) is 0 Å². The fourth-order valence-electron chi connectivity index (χ4n) is 4.25. The molecule has 4 heterocycles. The first kappa shape index (κ1) is 20.2. The number of aromatic nitrogens is 2. The van der Waals surface area contributed by atoms with Crippen LogP contribution in [0.2, 0.25) is 0 Å². The van der Waals surface area contributed by atoms with Crippen LogP contribution in [-0.4, -0.2) is 69.6 Å². The third-order valence-corrected chi connectivity index (χ3v) is 5.73. The molecule has 0 saturated carbocycles. The zero-order valence-electron chi connectivity index (χ0n) is 16.7. The molecule has 4 N–H and O–H groups in total. The fourth-order valence-corrected chi connectivity index (χ4v) is 4.25. The van der Waals surface area contributed by atoms with Crippen LogP contribution in [0.1, 0.15) is 6.42 Å². The van der Waals surface area contributed by atoms with Gasteiger partial charge >= 0.3 is 12.2 Å². The predicted molar refractivity (Wildman–Crippen MR) is 109 cm³/mol. The molecule has 5 rings (SSSR count). The van der Waals surface area contributed by atoms with Gasteiger partial charge in [-0.2, -0.15) is 13.2 Å². The lowest BCUT2D eigenvalue weighted by Gasteiger charge is -2.40. The third-order valence-electron chi connectivity index (χ3n) is 5.73. The van der Waals surface area contributed by atoms with Gasteiger partial charge in [0, 0.05) is 18.8 Å². The number of H-pyrrole nitrogens is 1. The van der Waals surface area contributed by atoms with Crippen LogP contribution >= 0.6 is 0 Å². The van der Waals surface area contributed by atoms with Crippen molar-refractivity contribution in [2.75, 3.05) is 25.0 Å². The standard InChI is InChI=1S/C20H20F3N7O2/c21-20(22,23)9-24-18(31)14-3-4-16-17(28-14)30(12-5-6-29(16)8-12)19(32)27-11-1-2-13-15(7-11)26-10-25-13/h1-4,7,10,12,14,28H,5-6,8-9H2,(H,24,31)(H,25,26)(H,27,32)/t12-,14?/m0/s1. The molecule has 0 spiro atoms. The van der Waals surface area contributed by atoms with Crippen LogP contribution in [0.4, 0.5) is 23.7 Å². The molecule has 1 saturated heterocycles. The number of allylic oxidation sites excluding steroid dienone is 1. The number of aromatic amines is 1. The molecule has 3 amide bonds. The number of hydrogen-bond acceptors (Lipinski definition) is 5. The fraction of sp³-hybridized carbons (Fsp3) is 0.350. The normalized spacial score (nSPS) is 22.1. The van der Waals surface area contributed by atoms with E-state index in [0.29, 0.717) is 18.1 Å². The van der Waals surface area contributed by atoms with Gasteiger partial charge in [0.1, 0.15) is 18.4 Å². The van der Waals surface area contributed by atoms with Gasteiger partial charge in [0.05, 0.1) is 29.1 Å². The van der Waals surface area contributed by atoms with Crippen molar-refractivity contribution in [1.82, 2.24) is 30.4 Å². The second kappa shape index (κ2) is 7.46. The summed E-state index contributed by atoms with van der Waals surface area (Å²) in [7, 11) is 0. The number of benzene rings is 1. The summed E-state index contributed by atoms with van der Waals surface area (Å²) in [5, 5.41) is 7.71. The van der Waals surface area contributed by atoms with Crippen LogP contribution in [0.5, 0.6) is 0 Å². The first-order valence-corrected chi connectivity index (χ1v) is 10.1. The number of amides is 3. The first-order valence-electron chi connectivity index (χ1n) is 10.1. The summed E-state index contributed by atoms with van der Waals surface area (Å²) < 4.78 is 37.4.